The van der Waals surface area contributed by atoms with Crippen LogP contribution in [0.1, 0.15) is 35.8 Å². The van der Waals surface area contributed by atoms with Gasteiger partial charge in [0.15, 0.2) is 6.29 Å². The Labute approximate surface area is 94.7 Å². The van der Waals surface area contributed by atoms with Crippen LogP contribution >= 0.6 is 0 Å². The maximum atomic E-state index is 10.9. The summed E-state index contributed by atoms with van der Waals surface area (Å²) in [5, 5.41) is 4.44. The van der Waals surface area contributed by atoms with Crippen LogP contribution in [0.4, 0.5) is 0 Å². The molecule has 0 atom stereocenters. The van der Waals surface area contributed by atoms with Crippen LogP contribution in [0.15, 0.2) is 36.5 Å². The van der Waals surface area contributed by atoms with Crippen LogP contribution in [0.5, 0.6) is 0 Å². The van der Waals surface area contributed by atoms with E-state index in [1.165, 1.54) is 0 Å². The van der Waals surface area contributed by atoms with E-state index in [1.54, 1.807) is 10.9 Å². The number of aromatic nitrogens is 2. The number of aldehydes is 1. The lowest BCUT2D eigenvalue weighted by Crippen LogP contribution is -1.97. The van der Waals surface area contributed by atoms with Crippen molar-refractivity contribution in [1.29, 1.82) is 0 Å². The summed E-state index contributed by atoms with van der Waals surface area (Å²) in [5.74, 6) is 0.255. The Morgan fingerprint density at radius 2 is 1.94 bits per heavy atom. The summed E-state index contributed by atoms with van der Waals surface area (Å²) in [6, 6.07) is 9.79. The number of nitrogens with zero attached hydrogens (tertiary/aromatic N) is 2. The zero-order chi connectivity index (χ0) is 11.5. The monoisotopic (exact) mass is 214 g/mol. The molecule has 16 heavy (non-hydrogen) atoms. The molecule has 0 aliphatic rings. The van der Waals surface area contributed by atoms with Gasteiger partial charge in [0.05, 0.1) is 16.9 Å². The van der Waals surface area contributed by atoms with E-state index in [1.807, 2.05) is 44.2 Å². The lowest BCUT2D eigenvalue weighted by atomic mass is 10.1. The summed E-state index contributed by atoms with van der Waals surface area (Å²) in [6.45, 7) is 4.06. The molecule has 0 saturated heterocycles. The summed E-state index contributed by atoms with van der Waals surface area (Å²) in [6.07, 6.45) is 2.64. The molecule has 0 aliphatic heterocycles. The van der Waals surface area contributed by atoms with E-state index < -0.39 is 0 Å². The van der Waals surface area contributed by atoms with E-state index in [9.17, 15) is 4.79 Å². The molecule has 0 bridgehead atoms. The van der Waals surface area contributed by atoms with E-state index in [0.29, 0.717) is 5.56 Å². The standard InChI is InChI=1S/C13H14N2O/c1-10(2)13-11(9-16)8-15(14-13)12-6-4-3-5-7-12/h3-10H,1-2H3. The van der Waals surface area contributed by atoms with Crippen LogP contribution in [0.25, 0.3) is 5.69 Å². The number of hydrogen-bond acceptors (Lipinski definition) is 2. The molecular formula is C13H14N2O. The maximum absolute atomic E-state index is 10.9. The number of para-hydroxylation sites is 1. The fraction of sp³-hybridized carbons (Fsp3) is 0.231. The number of rotatable bonds is 3. The third-order valence-corrected chi connectivity index (χ3v) is 2.47. The summed E-state index contributed by atoms with van der Waals surface area (Å²) in [4.78, 5) is 10.9. The molecular weight excluding hydrogens is 200 g/mol. The molecule has 0 unspecified atom stereocenters. The second-order valence-corrected chi connectivity index (χ2v) is 4.02. The minimum atomic E-state index is 0.255. The summed E-state index contributed by atoms with van der Waals surface area (Å²) in [5.41, 5.74) is 2.48. The fourth-order valence-electron chi connectivity index (χ4n) is 1.65. The first-order valence-electron chi connectivity index (χ1n) is 5.32. The lowest BCUT2D eigenvalue weighted by Gasteiger charge is -2.01. The van der Waals surface area contributed by atoms with Crippen molar-refractivity contribution in [2.45, 2.75) is 19.8 Å². The first kappa shape index (κ1) is 10.6. The van der Waals surface area contributed by atoms with E-state index >= 15 is 0 Å². The zero-order valence-corrected chi connectivity index (χ0v) is 9.42. The zero-order valence-electron chi connectivity index (χ0n) is 9.42. The van der Waals surface area contributed by atoms with E-state index in [-0.39, 0.29) is 5.92 Å². The molecule has 3 nitrogen and oxygen atoms in total. The van der Waals surface area contributed by atoms with Crippen molar-refractivity contribution >= 4 is 6.29 Å². The molecule has 0 amide bonds. The molecule has 0 N–H and O–H groups in total. The molecule has 0 radical (unpaired) electrons. The van der Waals surface area contributed by atoms with E-state index in [4.69, 9.17) is 0 Å². The van der Waals surface area contributed by atoms with Crippen LogP contribution in [0, 0.1) is 0 Å². The quantitative estimate of drug-likeness (QED) is 0.736. The van der Waals surface area contributed by atoms with Gasteiger partial charge in [-0.3, -0.25) is 4.79 Å². The molecule has 3 heteroatoms. The van der Waals surface area contributed by atoms with Crippen molar-refractivity contribution in [2.24, 2.45) is 0 Å². The first-order valence-corrected chi connectivity index (χ1v) is 5.32. The molecule has 2 aromatic rings. The molecule has 82 valence electrons. The topological polar surface area (TPSA) is 34.9 Å². The van der Waals surface area contributed by atoms with Crippen molar-refractivity contribution in [1.82, 2.24) is 9.78 Å². The Hall–Kier alpha value is -1.90. The highest BCUT2D eigenvalue weighted by Crippen LogP contribution is 2.18. The summed E-state index contributed by atoms with van der Waals surface area (Å²) >= 11 is 0. The Morgan fingerprint density at radius 1 is 1.25 bits per heavy atom. The van der Waals surface area contributed by atoms with E-state index in [2.05, 4.69) is 5.10 Å². The Balaban J connectivity index is 2.48. The minimum Gasteiger partial charge on any atom is -0.298 e. The molecule has 1 aromatic heterocycles. The smallest absolute Gasteiger partial charge is 0.153 e. The molecule has 0 aliphatic carbocycles. The molecule has 0 spiro atoms. The number of hydrogen-bond donors (Lipinski definition) is 0. The third kappa shape index (κ3) is 1.89. The number of carbonyl (C=O) groups is 1. The van der Waals surface area contributed by atoms with Gasteiger partial charge in [0.2, 0.25) is 0 Å². The maximum Gasteiger partial charge on any atom is 0.153 e. The average molecular weight is 214 g/mol. The van der Waals surface area contributed by atoms with Gasteiger partial charge < -0.3 is 0 Å². The molecule has 0 saturated carbocycles. The largest absolute Gasteiger partial charge is 0.298 e. The van der Waals surface area contributed by atoms with E-state index in [0.717, 1.165) is 17.7 Å². The molecule has 0 fully saturated rings. The summed E-state index contributed by atoms with van der Waals surface area (Å²) < 4.78 is 1.75. The number of carbonyl (C=O) groups excluding carboxylic acids is 1. The highest BCUT2D eigenvalue weighted by Gasteiger charge is 2.12. The molecule has 2 rings (SSSR count). The van der Waals surface area contributed by atoms with Crippen LogP contribution in [0.3, 0.4) is 0 Å². The number of benzene rings is 1. The summed E-state index contributed by atoms with van der Waals surface area (Å²) in [7, 11) is 0. The van der Waals surface area contributed by atoms with Crippen LogP contribution in [-0.4, -0.2) is 16.1 Å². The predicted octanol–water partition coefficient (Wildman–Crippen LogP) is 2.81. The second-order valence-electron chi connectivity index (χ2n) is 4.02. The van der Waals surface area contributed by atoms with Crippen LogP contribution < -0.4 is 0 Å². The van der Waals surface area contributed by atoms with Gasteiger partial charge in [0, 0.05) is 6.20 Å². The van der Waals surface area contributed by atoms with Gasteiger partial charge >= 0.3 is 0 Å². The Bertz CT molecular complexity index is 486. The average Bonchev–Trinajstić information content (AvgIpc) is 2.74. The van der Waals surface area contributed by atoms with Gasteiger partial charge in [-0.1, -0.05) is 32.0 Å². The molecule has 1 heterocycles. The van der Waals surface area contributed by atoms with Crippen molar-refractivity contribution in [3.8, 4) is 5.69 Å². The Kier molecular flexibility index (Phi) is 2.86. The van der Waals surface area contributed by atoms with Crippen LogP contribution in [0.2, 0.25) is 0 Å². The third-order valence-electron chi connectivity index (χ3n) is 2.47. The van der Waals surface area contributed by atoms with Gasteiger partial charge in [0.1, 0.15) is 0 Å². The van der Waals surface area contributed by atoms with Crippen molar-refractivity contribution < 1.29 is 4.79 Å². The highest BCUT2D eigenvalue weighted by molar-refractivity contribution is 5.76. The molecule has 1 aromatic carbocycles. The SMILES string of the molecule is CC(C)c1nn(-c2ccccc2)cc1C=O. The van der Waals surface area contributed by atoms with Gasteiger partial charge in [-0.05, 0) is 18.1 Å². The van der Waals surface area contributed by atoms with Gasteiger partial charge in [0.25, 0.3) is 0 Å². The van der Waals surface area contributed by atoms with Gasteiger partial charge in [-0.2, -0.15) is 5.10 Å². The lowest BCUT2D eigenvalue weighted by molar-refractivity contribution is 0.112. The van der Waals surface area contributed by atoms with Crippen molar-refractivity contribution in [2.75, 3.05) is 0 Å². The minimum absolute atomic E-state index is 0.255. The normalized spacial score (nSPS) is 10.7. The van der Waals surface area contributed by atoms with Crippen molar-refractivity contribution in [3.05, 3.63) is 47.8 Å². The first-order chi connectivity index (χ1) is 7.72. The van der Waals surface area contributed by atoms with Crippen molar-refractivity contribution in [3.63, 3.8) is 0 Å². The fourth-order valence-corrected chi connectivity index (χ4v) is 1.65. The highest BCUT2D eigenvalue weighted by atomic mass is 16.1. The van der Waals surface area contributed by atoms with Gasteiger partial charge in [-0.15, -0.1) is 0 Å². The van der Waals surface area contributed by atoms with Crippen LogP contribution in [-0.2, 0) is 0 Å². The van der Waals surface area contributed by atoms with Gasteiger partial charge in [-0.25, -0.2) is 4.68 Å². The predicted molar refractivity (Wildman–Crippen MR) is 63.0 cm³/mol. The Morgan fingerprint density at radius 3 is 2.44 bits per heavy atom. The second kappa shape index (κ2) is 4.31.